The summed E-state index contributed by atoms with van der Waals surface area (Å²) < 4.78 is 0. The number of hydrogen-bond donors (Lipinski definition) is 2. The van der Waals surface area contributed by atoms with Gasteiger partial charge in [-0.15, -0.1) is 11.8 Å². The van der Waals surface area contributed by atoms with E-state index in [1.807, 2.05) is 6.92 Å². The molecule has 3 rings (SSSR count). The Hall–Kier alpha value is -2.02. The third-order valence-corrected chi connectivity index (χ3v) is 5.69. The van der Waals surface area contributed by atoms with Gasteiger partial charge in [-0.05, 0) is 37.6 Å². The van der Waals surface area contributed by atoms with E-state index in [1.165, 1.54) is 0 Å². The molecule has 2 heterocycles. The Balaban J connectivity index is 1.72. The van der Waals surface area contributed by atoms with Crippen molar-refractivity contribution in [3.05, 3.63) is 29.8 Å². The van der Waals surface area contributed by atoms with Crippen LogP contribution in [0.1, 0.15) is 30.1 Å². The monoisotopic (exact) mass is 319 g/mol. The maximum absolute atomic E-state index is 12.5. The molecule has 0 saturated carbocycles. The molecule has 2 aliphatic rings. The molecule has 0 aromatic heterocycles. The van der Waals surface area contributed by atoms with Crippen LogP contribution in [-0.2, 0) is 9.59 Å². The average molecular weight is 319 g/mol. The molecular weight excluding hydrogens is 302 g/mol. The van der Waals surface area contributed by atoms with Gasteiger partial charge in [0.2, 0.25) is 17.7 Å². The number of nitrogens with zero attached hydrogens (tertiary/aromatic N) is 1. The largest absolute Gasteiger partial charge is 0.366 e. The predicted molar refractivity (Wildman–Crippen MR) is 84.3 cm³/mol. The molecule has 3 amide bonds. The van der Waals surface area contributed by atoms with Gasteiger partial charge in [0, 0.05) is 23.4 Å². The van der Waals surface area contributed by atoms with E-state index in [4.69, 9.17) is 5.73 Å². The second-order valence-corrected chi connectivity index (χ2v) is 7.20. The lowest BCUT2D eigenvalue weighted by atomic mass is 10.2. The zero-order valence-corrected chi connectivity index (χ0v) is 13.0. The second-order valence-electron chi connectivity index (χ2n) is 5.70. The molecule has 0 radical (unpaired) electrons. The van der Waals surface area contributed by atoms with Gasteiger partial charge < -0.3 is 16.0 Å². The van der Waals surface area contributed by atoms with Crippen LogP contribution >= 0.6 is 11.8 Å². The number of anilines is 1. The Kier molecular flexibility index (Phi) is 3.60. The summed E-state index contributed by atoms with van der Waals surface area (Å²) in [6.45, 7) is 2.01. The lowest BCUT2D eigenvalue weighted by Crippen LogP contribution is -2.48. The van der Waals surface area contributed by atoms with Gasteiger partial charge >= 0.3 is 0 Å². The van der Waals surface area contributed by atoms with Crippen LogP contribution in [0.5, 0.6) is 0 Å². The smallest absolute Gasteiger partial charge is 0.248 e. The van der Waals surface area contributed by atoms with E-state index in [0.717, 1.165) is 6.42 Å². The highest BCUT2D eigenvalue weighted by molar-refractivity contribution is 8.01. The number of carbonyl (C=O) groups is 3. The number of benzene rings is 1. The number of nitrogens with one attached hydrogen (secondary N) is 1. The highest BCUT2D eigenvalue weighted by atomic mass is 32.2. The van der Waals surface area contributed by atoms with Gasteiger partial charge in [0.05, 0.1) is 4.87 Å². The number of amides is 3. The maximum atomic E-state index is 12.5. The number of carbonyl (C=O) groups excluding carboxylic acids is 3. The number of rotatable bonds is 3. The summed E-state index contributed by atoms with van der Waals surface area (Å²) >= 11 is 1.66. The fourth-order valence-corrected chi connectivity index (χ4v) is 4.39. The molecule has 22 heavy (non-hydrogen) atoms. The molecule has 0 bridgehead atoms. The SMILES string of the molecule is CC12CCC(=O)N1C(C(=O)Nc1ccc(C(N)=O)cc1)CS2. The zero-order chi connectivity index (χ0) is 15.9. The van der Waals surface area contributed by atoms with E-state index < -0.39 is 11.9 Å². The van der Waals surface area contributed by atoms with Gasteiger partial charge in [-0.1, -0.05) is 0 Å². The molecule has 7 heteroatoms. The molecule has 2 atom stereocenters. The summed E-state index contributed by atoms with van der Waals surface area (Å²) in [5.74, 6) is -0.0634. The number of fused-ring (bicyclic) bond motifs is 1. The van der Waals surface area contributed by atoms with Crippen molar-refractivity contribution < 1.29 is 14.4 Å². The van der Waals surface area contributed by atoms with Crippen LogP contribution in [0.3, 0.4) is 0 Å². The summed E-state index contributed by atoms with van der Waals surface area (Å²) in [6.07, 6.45) is 1.29. The average Bonchev–Trinajstić information content (AvgIpc) is 2.97. The van der Waals surface area contributed by atoms with Crippen LogP contribution < -0.4 is 11.1 Å². The van der Waals surface area contributed by atoms with E-state index >= 15 is 0 Å². The van der Waals surface area contributed by atoms with Gasteiger partial charge in [-0.2, -0.15) is 0 Å². The summed E-state index contributed by atoms with van der Waals surface area (Å²) in [7, 11) is 0. The first-order valence-electron chi connectivity index (χ1n) is 7.07. The quantitative estimate of drug-likeness (QED) is 0.875. The van der Waals surface area contributed by atoms with Crippen molar-refractivity contribution in [1.29, 1.82) is 0 Å². The molecule has 116 valence electrons. The highest BCUT2D eigenvalue weighted by Crippen LogP contribution is 2.47. The van der Waals surface area contributed by atoms with Crippen molar-refractivity contribution in [1.82, 2.24) is 4.90 Å². The van der Waals surface area contributed by atoms with Crippen LogP contribution in [0.15, 0.2) is 24.3 Å². The third kappa shape index (κ3) is 2.45. The van der Waals surface area contributed by atoms with Crippen molar-refractivity contribution in [2.75, 3.05) is 11.1 Å². The number of primary amides is 1. The molecule has 2 unspecified atom stereocenters. The standard InChI is InChI=1S/C15H17N3O3S/c1-15-7-6-12(19)18(15)11(8-22-15)14(21)17-10-4-2-9(3-5-10)13(16)20/h2-5,11H,6-8H2,1H3,(H2,16,20)(H,17,21). The van der Waals surface area contributed by atoms with Crippen LogP contribution in [0.4, 0.5) is 5.69 Å². The summed E-state index contributed by atoms with van der Waals surface area (Å²) in [6, 6.07) is 5.94. The Morgan fingerprint density at radius 3 is 2.68 bits per heavy atom. The minimum atomic E-state index is -0.511. The van der Waals surface area contributed by atoms with Crippen molar-refractivity contribution in [2.24, 2.45) is 5.73 Å². The number of hydrogen-bond acceptors (Lipinski definition) is 4. The molecule has 0 spiro atoms. The van der Waals surface area contributed by atoms with E-state index in [0.29, 0.717) is 23.4 Å². The summed E-state index contributed by atoms with van der Waals surface area (Å²) in [5, 5.41) is 2.80. The predicted octanol–water partition coefficient (Wildman–Crippen LogP) is 1.18. The Morgan fingerprint density at radius 1 is 1.36 bits per heavy atom. The maximum Gasteiger partial charge on any atom is 0.248 e. The first-order chi connectivity index (χ1) is 10.4. The lowest BCUT2D eigenvalue weighted by Gasteiger charge is -2.29. The molecule has 1 aromatic carbocycles. The van der Waals surface area contributed by atoms with Crippen LogP contribution in [0, 0.1) is 0 Å². The molecule has 1 aromatic rings. The topological polar surface area (TPSA) is 92.5 Å². The van der Waals surface area contributed by atoms with Crippen molar-refractivity contribution in [3.8, 4) is 0 Å². The molecule has 3 N–H and O–H groups in total. The fraction of sp³-hybridized carbons (Fsp3) is 0.400. The normalized spacial score (nSPS) is 26.9. The molecule has 0 aliphatic carbocycles. The Morgan fingerprint density at radius 2 is 2.05 bits per heavy atom. The third-order valence-electron chi connectivity index (χ3n) is 4.18. The summed E-state index contributed by atoms with van der Waals surface area (Å²) in [4.78, 5) is 37.0. The van der Waals surface area contributed by atoms with Gasteiger partial charge in [0.15, 0.2) is 0 Å². The Bertz CT molecular complexity index is 646. The van der Waals surface area contributed by atoms with E-state index in [2.05, 4.69) is 5.32 Å². The van der Waals surface area contributed by atoms with E-state index in [9.17, 15) is 14.4 Å². The van der Waals surface area contributed by atoms with Gasteiger partial charge in [0.25, 0.3) is 0 Å². The van der Waals surface area contributed by atoms with Crippen LogP contribution in [0.2, 0.25) is 0 Å². The van der Waals surface area contributed by atoms with Crippen molar-refractivity contribution >= 4 is 35.2 Å². The van der Waals surface area contributed by atoms with Gasteiger partial charge in [-0.3, -0.25) is 14.4 Å². The molecular formula is C15H17N3O3S. The molecule has 6 nitrogen and oxygen atoms in total. The molecule has 2 aliphatic heterocycles. The number of thioether (sulfide) groups is 1. The lowest BCUT2D eigenvalue weighted by molar-refractivity contribution is -0.135. The van der Waals surface area contributed by atoms with E-state index in [1.54, 1.807) is 40.9 Å². The van der Waals surface area contributed by atoms with Gasteiger partial charge in [0.1, 0.15) is 6.04 Å². The zero-order valence-electron chi connectivity index (χ0n) is 12.2. The van der Waals surface area contributed by atoms with Crippen LogP contribution in [0.25, 0.3) is 0 Å². The minimum absolute atomic E-state index is 0.0386. The van der Waals surface area contributed by atoms with Gasteiger partial charge in [-0.25, -0.2) is 0 Å². The second kappa shape index (κ2) is 5.31. The van der Waals surface area contributed by atoms with Crippen molar-refractivity contribution in [3.63, 3.8) is 0 Å². The van der Waals surface area contributed by atoms with Crippen LogP contribution in [-0.4, -0.2) is 39.3 Å². The van der Waals surface area contributed by atoms with Crippen molar-refractivity contribution in [2.45, 2.75) is 30.7 Å². The first kappa shape index (κ1) is 14.9. The first-order valence-corrected chi connectivity index (χ1v) is 8.06. The number of nitrogens with two attached hydrogens (primary N) is 1. The van der Waals surface area contributed by atoms with E-state index in [-0.39, 0.29) is 16.7 Å². The molecule has 2 saturated heterocycles. The summed E-state index contributed by atoms with van der Waals surface area (Å²) in [5.41, 5.74) is 6.15. The minimum Gasteiger partial charge on any atom is -0.366 e. The highest BCUT2D eigenvalue weighted by Gasteiger charge is 2.52. The Labute approximate surface area is 132 Å². The fourth-order valence-electron chi connectivity index (χ4n) is 2.96. The molecule has 2 fully saturated rings.